The van der Waals surface area contributed by atoms with Gasteiger partial charge >= 0.3 is 0 Å². The molecule has 0 amide bonds. The molecule has 2 rings (SSSR count). The van der Waals surface area contributed by atoms with Crippen LogP contribution in [0.4, 0.5) is 0 Å². The monoisotopic (exact) mass is 414 g/mol. The SMILES string of the molecule is COc1nc2c(Br)c(Cl)c(Cl)c(S(C)(=O)=O)c2nc1OC. The van der Waals surface area contributed by atoms with Crippen molar-refractivity contribution in [3.05, 3.63) is 14.5 Å². The van der Waals surface area contributed by atoms with Crippen LogP contribution in [0.5, 0.6) is 11.8 Å². The van der Waals surface area contributed by atoms with E-state index in [-0.39, 0.29) is 37.7 Å². The molecule has 6 nitrogen and oxygen atoms in total. The van der Waals surface area contributed by atoms with Crippen LogP contribution in [0.3, 0.4) is 0 Å². The fourth-order valence-corrected chi connectivity index (χ4v) is 4.08. The van der Waals surface area contributed by atoms with Gasteiger partial charge in [-0.25, -0.2) is 18.4 Å². The number of halogens is 3. The summed E-state index contributed by atoms with van der Waals surface area (Å²) in [6.45, 7) is 0. The van der Waals surface area contributed by atoms with Gasteiger partial charge in [0.05, 0.1) is 28.7 Å². The predicted octanol–water partition coefficient (Wildman–Crippen LogP) is 3.12. The van der Waals surface area contributed by atoms with Crippen molar-refractivity contribution in [1.29, 1.82) is 0 Å². The molecule has 0 aliphatic heterocycles. The fraction of sp³-hybridized carbons (Fsp3) is 0.273. The van der Waals surface area contributed by atoms with Crippen molar-refractivity contribution in [3.63, 3.8) is 0 Å². The number of nitrogens with zero attached hydrogens (tertiary/aromatic N) is 2. The predicted molar refractivity (Wildman–Crippen MR) is 83.5 cm³/mol. The number of hydrogen-bond donors (Lipinski definition) is 0. The molecule has 1 aromatic carbocycles. The highest BCUT2D eigenvalue weighted by Gasteiger charge is 2.26. The summed E-state index contributed by atoms with van der Waals surface area (Å²) in [7, 11) is -0.924. The first-order valence-electron chi connectivity index (χ1n) is 5.38. The summed E-state index contributed by atoms with van der Waals surface area (Å²) in [5.41, 5.74) is 0.263. The van der Waals surface area contributed by atoms with Crippen LogP contribution in [-0.2, 0) is 9.84 Å². The zero-order chi connectivity index (χ0) is 15.9. The second-order valence-electron chi connectivity index (χ2n) is 3.98. The third-order valence-corrected chi connectivity index (χ3v) is 5.70. The second kappa shape index (κ2) is 5.75. The minimum Gasteiger partial charge on any atom is -0.477 e. The Morgan fingerprint density at radius 1 is 1.00 bits per heavy atom. The second-order valence-corrected chi connectivity index (χ2v) is 7.48. The molecule has 0 aliphatic carbocycles. The number of benzene rings is 1. The van der Waals surface area contributed by atoms with Gasteiger partial charge in [-0.1, -0.05) is 23.2 Å². The Hall–Kier alpha value is -0.830. The van der Waals surface area contributed by atoms with E-state index in [0.29, 0.717) is 4.47 Å². The fourth-order valence-electron chi connectivity index (χ4n) is 1.72. The van der Waals surface area contributed by atoms with Crippen molar-refractivity contribution in [2.45, 2.75) is 4.90 Å². The van der Waals surface area contributed by atoms with Crippen LogP contribution in [0.25, 0.3) is 11.0 Å². The summed E-state index contributed by atoms with van der Waals surface area (Å²) in [4.78, 5) is 8.10. The molecule has 114 valence electrons. The van der Waals surface area contributed by atoms with Gasteiger partial charge in [-0.15, -0.1) is 0 Å². The summed E-state index contributed by atoms with van der Waals surface area (Å²) >= 11 is 15.3. The molecular formula is C11H9BrCl2N2O4S. The Labute approximate surface area is 139 Å². The minimum atomic E-state index is -3.68. The quantitative estimate of drug-likeness (QED) is 0.716. The molecule has 0 spiro atoms. The number of ether oxygens (including phenoxy) is 2. The molecule has 0 aliphatic rings. The molecular weight excluding hydrogens is 407 g/mol. The standard InChI is InChI=1S/C11H9BrCl2N2O4S/c1-19-10-11(20-2)16-8-7(15-10)4(12)5(13)6(14)9(8)21(3,17)18/h1-3H3. The van der Waals surface area contributed by atoms with Gasteiger partial charge in [-0.3, -0.25) is 0 Å². The molecule has 1 aromatic heterocycles. The molecule has 21 heavy (non-hydrogen) atoms. The number of aromatic nitrogens is 2. The van der Waals surface area contributed by atoms with Crippen LogP contribution >= 0.6 is 39.1 Å². The third-order valence-electron chi connectivity index (χ3n) is 2.60. The Bertz CT molecular complexity index is 842. The number of rotatable bonds is 3. The largest absolute Gasteiger partial charge is 0.477 e. The lowest BCUT2D eigenvalue weighted by Crippen LogP contribution is -2.05. The number of sulfone groups is 1. The van der Waals surface area contributed by atoms with Crippen LogP contribution in [0.15, 0.2) is 9.37 Å². The first-order valence-corrected chi connectivity index (χ1v) is 8.82. The first-order chi connectivity index (χ1) is 9.72. The molecule has 0 unspecified atom stereocenters. The number of fused-ring (bicyclic) bond motifs is 1. The van der Waals surface area contributed by atoms with Gasteiger partial charge in [0.25, 0.3) is 11.8 Å². The lowest BCUT2D eigenvalue weighted by molar-refractivity contribution is 0.334. The zero-order valence-electron chi connectivity index (χ0n) is 11.1. The normalized spacial score (nSPS) is 11.7. The smallest absolute Gasteiger partial charge is 0.278 e. The summed E-state index contributed by atoms with van der Waals surface area (Å²) in [5, 5.41) is -0.0915. The molecule has 10 heteroatoms. The van der Waals surface area contributed by atoms with Crippen LogP contribution in [0.2, 0.25) is 10.0 Å². The molecule has 0 saturated carbocycles. The average molecular weight is 416 g/mol. The highest BCUT2D eigenvalue weighted by Crippen LogP contribution is 2.42. The van der Waals surface area contributed by atoms with Gasteiger partial charge in [0, 0.05) is 6.26 Å². The highest BCUT2D eigenvalue weighted by atomic mass is 79.9. The lowest BCUT2D eigenvalue weighted by Gasteiger charge is -2.13. The van der Waals surface area contributed by atoms with E-state index < -0.39 is 9.84 Å². The van der Waals surface area contributed by atoms with E-state index in [1.54, 1.807) is 0 Å². The van der Waals surface area contributed by atoms with Gasteiger partial charge < -0.3 is 9.47 Å². The maximum Gasteiger partial charge on any atom is 0.278 e. The van der Waals surface area contributed by atoms with Crippen LogP contribution in [0.1, 0.15) is 0 Å². The summed E-state index contributed by atoms with van der Waals surface area (Å²) in [5.74, 6) is 0.142. The van der Waals surface area contributed by atoms with Crippen molar-refractivity contribution >= 4 is 60.0 Å². The van der Waals surface area contributed by atoms with E-state index >= 15 is 0 Å². The molecule has 1 heterocycles. The molecule has 0 saturated heterocycles. The van der Waals surface area contributed by atoms with E-state index in [1.165, 1.54) is 14.2 Å². The van der Waals surface area contributed by atoms with E-state index in [1.807, 2.05) is 0 Å². The molecule has 2 aromatic rings. The van der Waals surface area contributed by atoms with Gasteiger partial charge in [0.2, 0.25) is 0 Å². The molecule has 0 atom stereocenters. The van der Waals surface area contributed by atoms with Gasteiger partial charge in [0.1, 0.15) is 15.9 Å². The van der Waals surface area contributed by atoms with Crippen molar-refractivity contribution in [2.24, 2.45) is 0 Å². The van der Waals surface area contributed by atoms with Crippen molar-refractivity contribution < 1.29 is 17.9 Å². The first kappa shape index (κ1) is 16.5. The summed E-state index contributed by atoms with van der Waals surface area (Å²) in [6.07, 6.45) is 1.01. The van der Waals surface area contributed by atoms with E-state index in [2.05, 4.69) is 25.9 Å². The number of methoxy groups -OCH3 is 2. The maximum absolute atomic E-state index is 12.0. The topological polar surface area (TPSA) is 78.4 Å². The Morgan fingerprint density at radius 2 is 1.48 bits per heavy atom. The molecule has 0 radical (unpaired) electrons. The van der Waals surface area contributed by atoms with E-state index in [9.17, 15) is 8.42 Å². The molecule has 0 bridgehead atoms. The lowest BCUT2D eigenvalue weighted by atomic mass is 10.3. The Balaban J connectivity index is 3.10. The average Bonchev–Trinajstić information content (AvgIpc) is 2.42. The Morgan fingerprint density at radius 3 is 1.90 bits per heavy atom. The van der Waals surface area contributed by atoms with Crippen LogP contribution in [0, 0.1) is 0 Å². The highest BCUT2D eigenvalue weighted by molar-refractivity contribution is 9.10. The van der Waals surface area contributed by atoms with E-state index in [0.717, 1.165) is 6.26 Å². The Kier molecular flexibility index (Phi) is 4.53. The van der Waals surface area contributed by atoms with Crippen molar-refractivity contribution in [3.8, 4) is 11.8 Å². The molecule has 0 N–H and O–H groups in total. The number of hydrogen-bond acceptors (Lipinski definition) is 6. The van der Waals surface area contributed by atoms with Gasteiger partial charge in [-0.05, 0) is 15.9 Å². The van der Waals surface area contributed by atoms with Crippen molar-refractivity contribution in [2.75, 3.05) is 20.5 Å². The summed E-state index contributed by atoms with van der Waals surface area (Å²) < 4.78 is 34.4. The van der Waals surface area contributed by atoms with Crippen LogP contribution in [-0.4, -0.2) is 38.9 Å². The maximum atomic E-state index is 12.0. The zero-order valence-corrected chi connectivity index (χ0v) is 15.0. The van der Waals surface area contributed by atoms with Gasteiger partial charge in [0.15, 0.2) is 9.84 Å². The van der Waals surface area contributed by atoms with E-state index in [4.69, 9.17) is 32.7 Å². The van der Waals surface area contributed by atoms with Crippen molar-refractivity contribution in [1.82, 2.24) is 9.97 Å². The third kappa shape index (κ3) is 2.77. The van der Waals surface area contributed by atoms with Gasteiger partial charge in [-0.2, -0.15) is 0 Å². The molecule has 0 fully saturated rings. The van der Waals surface area contributed by atoms with Crippen LogP contribution < -0.4 is 9.47 Å². The minimum absolute atomic E-state index is 0.0334. The summed E-state index contributed by atoms with van der Waals surface area (Å²) in [6, 6.07) is 0.